The SMILES string of the molecule is COc1ccc(CC(=O)C=O)cc1.O. The van der Waals surface area contributed by atoms with Gasteiger partial charge in [-0.2, -0.15) is 0 Å². The van der Waals surface area contributed by atoms with Gasteiger partial charge in [-0.3, -0.25) is 9.59 Å². The molecule has 0 atom stereocenters. The van der Waals surface area contributed by atoms with Crippen molar-refractivity contribution in [1.29, 1.82) is 0 Å². The molecule has 0 aliphatic heterocycles. The lowest BCUT2D eigenvalue weighted by atomic mass is 10.1. The second kappa shape index (κ2) is 5.88. The fraction of sp³-hybridized carbons (Fsp3) is 0.200. The van der Waals surface area contributed by atoms with Gasteiger partial charge in [0, 0.05) is 6.42 Å². The smallest absolute Gasteiger partial charge is 0.199 e. The molecule has 0 aliphatic carbocycles. The molecule has 2 N–H and O–H groups in total. The molecule has 0 unspecified atom stereocenters. The van der Waals surface area contributed by atoms with Crippen molar-refractivity contribution in [2.75, 3.05) is 7.11 Å². The van der Waals surface area contributed by atoms with Crippen LogP contribution < -0.4 is 4.74 Å². The van der Waals surface area contributed by atoms with E-state index in [1.165, 1.54) is 0 Å². The Morgan fingerprint density at radius 3 is 2.36 bits per heavy atom. The van der Waals surface area contributed by atoms with Crippen molar-refractivity contribution in [3.63, 3.8) is 0 Å². The van der Waals surface area contributed by atoms with E-state index in [1.54, 1.807) is 31.4 Å². The van der Waals surface area contributed by atoms with E-state index >= 15 is 0 Å². The normalized spacial score (nSPS) is 8.64. The molecule has 0 heterocycles. The van der Waals surface area contributed by atoms with Crippen molar-refractivity contribution in [2.24, 2.45) is 0 Å². The van der Waals surface area contributed by atoms with Crippen molar-refractivity contribution >= 4 is 12.1 Å². The molecule has 0 fully saturated rings. The maximum atomic E-state index is 10.7. The van der Waals surface area contributed by atoms with Crippen molar-refractivity contribution in [3.05, 3.63) is 29.8 Å². The Hall–Kier alpha value is -1.68. The van der Waals surface area contributed by atoms with E-state index < -0.39 is 5.78 Å². The number of hydrogen-bond acceptors (Lipinski definition) is 3. The first kappa shape index (κ1) is 12.3. The Kier molecular flexibility index (Phi) is 5.17. The van der Waals surface area contributed by atoms with Crippen LogP contribution in [0.25, 0.3) is 0 Å². The highest BCUT2D eigenvalue weighted by molar-refractivity contribution is 6.25. The molecular formula is C10H12O4. The molecule has 4 heteroatoms. The molecule has 1 aromatic carbocycles. The summed E-state index contributed by atoms with van der Waals surface area (Å²) < 4.78 is 4.95. The molecule has 4 nitrogen and oxygen atoms in total. The summed E-state index contributed by atoms with van der Waals surface area (Å²) in [5, 5.41) is 0. The second-order valence-electron chi connectivity index (χ2n) is 2.61. The standard InChI is InChI=1S/C10H10O3.H2O/c1-13-10-4-2-8(3-5-10)6-9(12)7-11;/h2-5,7H,6H2,1H3;1H2. The van der Waals surface area contributed by atoms with E-state index in [0.29, 0.717) is 6.29 Å². The first-order chi connectivity index (χ1) is 6.26. The first-order valence-electron chi connectivity index (χ1n) is 3.87. The van der Waals surface area contributed by atoms with Crippen LogP contribution in [0.15, 0.2) is 24.3 Å². The van der Waals surface area contributed by atoms with Gasteiger partial charge in [0.25, 0.3) is 0 Å². The number of rotatable bonds is 4. The molecule has 0 saturated carbocycles. The monoisotopic (exact) mass is 196 g/mol. The van der Waals surface area contributed by atoms with Gasteiger partial charge in [0.15, 0.2) is 12.1 Å². The summed E-state index contributed by atoms with van der Waals surface area (Å²) in [4.78, 5) is 20.8. The number of carbonyl (C=O) groups excluding carboxylic acids is 2. The van der Waals surface area contributed by atoms with Crippen molar-refractivity contribution in [2.45, 2.75) is 6.42 Å². The van der Waals surface area contributed by atoms with Crippen LogP contribution in [0, 0.1) is 0 Å². The summed E-state index contributed by atoms with van der Waals surface area (Å²) in [6.07, 6.45) is 0.498. The minimum Gasteiger partial charge on any atom is -0.497 e. The number of carbonyl (C=O) groups is 2. The summed E-state index contributed by atoms with van der Waals surface area (Å²) in [6, 6.07) is 7.04. The Morgan fingerprint density at radius 2 is 1.93 bits per heavy atom. The maximum Gasteiger partial charge on any atom is 0.199 e. The predicted molar refractivity (Wildman–Crippen MR) is 51.4 cm³/mol. The maximum absolute atomic E-state index is 10.7. The fourth-order valence-corrected chi connectivity index (χ4v) is 0.986. The van der Waals surface area contributed by atoms with Crippen molar-refractivity contribution in [3.8, 4) is 5.75 Å². The van der Waals surface area contributed by atoms with E-state index in [4.69, 9.17) is 4.74 Å². The lowest BCUT2D eigenvalue weighted by Crippen LogP contribution is -2.02. The van der Waals surface area contributed by atoms with Gasteiger partial charge < -0.3 is 10.2 Å². The molecule has 1 aromatic rings. The first-order valence-corrected chi connectivity index (χ1v) is 3.87. The van der Waals surface area contributed by atoms with E-state index in [-0.39, 0.29) is 11.9 Å². The van der Waals surface area contributed by atoms with Gasteiger partial charge >= 0.3 is 0 Å². The predicted octanol–water partition coefficient (Wildman–Crippen LogP) is 0.181. The van der Waals surface area contributed by atoms with Gasteiger partial charge in [0.1, 0.15) is 5.75 Å². The van der Waals surface area contributed by atoms with Crippen molar-refractivity contribution in [1.82, 2.24) is 0 Å². The highest BCUT2D eigenvalue weighted by Crippen LogP contribution is 2.11. The number of ketones is 1. The molecule has 0 bridgehead atoms. The molecule has 0 saturated heterocycles. The Labute approximate surface area is 81.8 Å². The van der Waals surface area contributed by atoms with Crippen molar-refractivity contribution < 1.29 is 19.8 Å². The zero-order valence-electron chi connectivity index (χ0n) is 7.82. The molecule has 0 amide bonds. The molecule has 0 radical (unpaired) electrons. The fourth-order valence-electron chi connectivity index (χ4n) is 0.986. The highest BCUT2D eigenvalue weighted by atomic mass is 16.5. The van der Waals surface area contributed by atoms with E-state index in [2.05, 4.69) is 0 Å². The summed E-state index contributed by atoms with van der Waals surface area (Å²) in [7, 11) is 1.57. The number of hydrogen-bond donors (Lipinski definition) is 0. The van der Waals surface area contributed by atoms with Crippen LogP contribution in [-0.4, -0.2) is 24.7 Å². The largest absolute Gasteiger partial charge is 0.497 e. The third kappa shape index (κ3) is 3.37. The van der Waals surface area contributed by atoms with Gasteiger partial charge in [-0.15, -0.1) is 0 Å². The quantitative estimate of drug-likeness (QED) is 0.509. The third-order valence-electron chi connectivity index (χ3n) is 1.67. The average Bonchev–Trinajstić information content (AvgIpc) is 2.19. The van der Waals surface area contributed by atoms with Crippen LogP contribution in [-0.2, 0) is 16.0 Å². The Balaban J connectivity index is 0.00000169. The zero-order valence-corrected chi connectivity index (χ0v) is 7.82. The minimum atomic E-state index is -0.412. The molecule has 14 heavy (non-hydrogen) atoms. The third-order valence-corrected chi connectivity index (χ3v) is 1.67. The van der Waals surface area contributed by atoms with Crippen LogP contribution in [0.5, 0.6) is 5.75 Å². The summed E-state index contributed by atoms with van der Waals surface area (Å²) in [5.41, 5.74) is 0.818. The summed E-state index contributed by atoms with van der Waals surface area (Å²) in [6.45, 7) is 0. The number of ether oxygens (including phenoxy) is 1. The molecular weight excluding hydrogens is 184 g/mol. The topological polar surface area (TPSA) is 74.9 Å². The lowest BCUT2D eigenvalue weighted by Gasteiger charge is -2.00. The molecule has 0 spiro atoms. The molecule has 0 aromatic heterocycles. The van der Waals surface area contributed by atoms with Crippen LogP contribution in [0.3, 0.4) is 0 Å². The van der Waals surface area contributed by atoms with Gasteiger partial charge in [0.2, 0.25) is 0 Å². The number of methoxy groups -OCH3 is 1. The van der Waals surface area contributed by atoms with E-state index in [9.17, 15) is 9.59 Å². The van der Waals surface area contributed by atoms with E-state index in [1.807, 2.05) is 0 Å². The van der Waals surface area contributed by atoms with Gasteiger partial charge in [-0.25, -0.2) is 0 Å². The summed E-state index contributed by atoms with van der Waals surface area (Å²) >= 11 is 0. The van der Waals surface area contributed by atoms with Crippen LogP contribution in [0.1, 0.15) is 5.56 Å². The van der Waals surface area contributed by atoms with Gasteiger partial charge in [-0.05, 0) is 17.7 Å². The summed E-state index contributed by atoms with van der Waals surface area (Å²) in [5.74, 6) is 0.326. The van der Waals surface area contributed by atoms with Gasteiger partial charge in [-0.1, -0.05) is 12.1 Å². The van der Waals surface area contributed by atoms with Crippen LogP contribution in [0.2, 0.25) is 0 Å². The number of benzene rings is 1. The molecule has 76 valence electrons. The second-order valence-corrected chi connectivity index (χ2v) is 2.61. The molecule has 1 rings (SSSR count). The number of aldehydes is 1. The van der Waals surface area contributed by atoms with Gasteiger partial charge in [0.05, 0.1) is 7.11 Å². The zero-order chi connectivity index (χ0) is 9.68. The van der Waals surface area contributed by atoms with Crippen LogP contribution in [0.4, 0.5) is 0 Å². The van der Waals surface area contributed by atoms with E-state index in [0.717, 1.165) is 11.3 Å². The Bertz CT molecular complexity index is 302. The highest BCUT2D eigenvalue weighted by Gasteiger charge is 2.01. The van der Waals surface area contributed by atoms with Crippen LogP contribution >= 0.6 is 0 Å². The minimum absolute atomic E-state index is 0. The number of Topliss-reactive ketones (excluding diaryl/α,β-unsaturated/α-hetero) is 1. The average molecular weight is 196 g/mol. The molecule has 0 aliphatic rings. The lowest BCUT2D eigenvalue weighted by molar-refractivity contribution is -0.129. The Morgan fingerprint density at radius 1 is 1.36 bits per heavy atom.